The number of carbonyl (C=O) groups is 3. The molecule has 1 aromatic carbocycles. The third-order valence-electron chi connectivity index (χ3n) is 6.27. The van der Waals surface area contributed by atoms with Crippen molar-refractivity contribution in [1.29, 1.82) is 0 Å². The number of aliphatic imine (C=N–C) groups is 1. The molecule has 1 atom stereocenters. The van der Waals surface area contributed by atoms with Gasteiger partial charge in [-0.3, -0.25) is 19.5 Å². The molecule has 0 aliphatic carbocycles. The third kappa shape index (κ3) is 4.37. The number of rotatable bonds is 5. The first-order valence-electron chi connectivity index (χ1n) is 11.1. The summed E-state index contributed by atoms with van der Waals surface area (Å²) in [5.41, 5.74) is 0.250. The van der Waals surface area contributed by atoms with E-state index in [0.717, 1.165) is 4.90 Å². The quantitative estimate of drug-likeness (QED) is 0.580. The molecule has 0 N–H and O–H groups in total. The van der Waals surface area contributed by atoms with Crippen LogP contribution in [0.3, 0.4) is 0 Å². The molecule has 3 aliphatic heterocycles. The Bertz CT molecular complexity index is 1060. The number of urea groups is 1. The summed E-state index contributed by atoms with van der Waals surface area (Å²) in [6.07, 6.45) is -0.341. The standard InChI is InChI=1S/C22H27ClFN6O4/c1-4-34-22(33)29-10-8-28(9-11-29)13-17-25-19-18(20(31)27(3)21(32)26(19)2)30(17)12-14-15(23)6-5-7-16(14)24/h5-7,18H,4,8-13H2,1-3H3/q+1. The number of hydrogen-bond acceptors (Lipinski definition) is 6. The molecule has 12 heteroatoms. The van der Waals surface area contributed by atoms with Crippen LogP contribution in [0.25, 0.3) is 0 Å². The van der Waals surface area contributed by atoms with E-state index in [-0.39, 0.29) is 23.2 Å². The van der Waals surface area contributed by atoms with Gasteiger partial charge in [-0.15, -0.1) is 0 Å². The average Bonchev–Trinajstić information content (AvgIpc) is 3.17. The first-order valence-corrected chi connectivity index (χ1v) is 11.4. The van der Waals surface area contributed by atoms with Crippen molar-refractivity contribution in [3.63, 3.8) is 0 Å². The summed E-state index contributed by atoms with van der Waals surface area (Å²) in [7, 11) is 2.98. The lowest BCUT2D eigenvalue weighted by atomic mass is 10.1. The number of ether oxygens (including phenoxy) is 1. The average molecular weight is 494 g/mol. The highest BCUT2D eigenvalue weighted by Crippen LogP contribution is 2.25. The smallest absolute Gasteiger partial charge is 0.409 e. The lowest BCUT2D eigenvalue weighted by Gasteiger charge is -2.33. The molecule has 4 rings (SSSR count). The highest BCUT2D eigenvalue weighted by Gasteiger charge is 2.53. The molecule has 0 bridgehead atoms. The monoisotopic (exact) mass is 493 g/mol. The maximum atomic E-state index is 14.6. The van der Waals surface area contributed by atoms with Crippen LogP contribution in [0.4, 0.5) is 14.0 Å². The Kier molecular flexibility index (Phi) is 6.85. The first kappa shape index (κ1) is 24.1. The summed E-state index contributed by atoms with van der Waals surface area (Å²) in [4.78, 5) is 48.3. The van der Waals surface area contributed by atoms with Gasteiger partial charge in [0.25, 0.3) is 17.8 Å². The number of amidine groups is 2. The third-order valence-corrected chi connectivity index (χ3v) is 6.62. The molecule has 10 nitrogen and oxygen atoms in total. The molecule has 1 aromatic rings. The van der Waals surface area contributed by atoms with Gasteiger partial charge in [0.1, 0.15) is 18.9 Å². The zero-order valence-electron chi connectivity index (χ0n) is 19.3. The van der Waals surface area contributed by atoms with Crippen molar-refractivity contribution in [2.75, 3.05) is 53.4 Å². The number of fused-ring (bicyclic) bond motifs is 1. The molecule has 2 fully saturated rings. The second-order valence-corrected chi connectivity index (χ2v) is 8.73. The predicted octanol–water partition coefficient (Wildman–Crippen LogP) is 1.47. The van der Waals surface area contributed by atoms with Gasteiger partial charge >= 0.3 is 18.0 Å². The van der Waals surface area contributed by atoms with Gasteiger partial charge in [0.05, 0.1) is 11.6 Å². The van der Waals surface area contributed by atoms with Crippen LogP contribution in [-0.2, 0) is 16.1 Å². The van der Waals surface area contributed by atoms with Gasteiger partial charge in [-0.1, -0.05) is 17.7 Å². The summed E-state index contributed by atoms with van der Waals surface area (Å²) in [5.74, 6) is -0.0752. The molecule has 34 heavy (non-hydrogen) atoms. The second-order valence-electron chi connectivity index (χ2n) is 8.32. The normalized spacial score (nSPS) is 21.3. The van der Waals surface area contributed by atoms with Crippen molar-refractivity contribution in [1.82, 2.24) is 19.6 Å². The topological polar surface area (TPSA) is 88.8 Å². The molecule has 1 unspecified atom stereocenters. The number of benzene rings is 1. The molecule has 3 aliphatic rings. The maximum Gasteiger partial charge on any atom is 0.409 e. The lowest BCUT2D eigenvalue weighted by molar-refractivity contribution is -0.552. The lowest BCUT2D eigenvalue weighted by Crippen LogP contribution is -2.61. The van der Waals surface area contributed by atoms with Gasteiger partial charge in [0.2, 0.25) is 0 Å². The minimum atomic E-state index is -0.862. The van der Waals surface area contributed by atoms with Gasteiger partial charge < -0.3 is 9.64 Å². The van der Waals surface area contributed by atoms with Crippen LogP contribution in [-0.4, -0.2) is 113 Å². The van der Waals surface area contributed by atoms with E-state index in [9.17, 15) is 18.8 Å². The molecular formula is C22H27ClFN6O4+. The van der Waals surface area contributed by atoms with Gasteiger partial charge in [0.15, 0.2) is 0 Å². The van der Waals surface area contributed by atoms with E-state index in [2.05, 4.69) is 9.89 Å². The summed E-state index contributed by atoms with van der Waals surface area (Å²) in [6.45, 7) is 4.60. The number of hydrogen-bond donors (Lipinski definition) is 0. The van der Waals surface area contributed by atoms with Crippen LogP contribution < -0.4 is 0 Å². The predicted molar refractivity (Wildman–Crippen MR) is 123 cm³/mol. The number of amides is 4. The molecule has 0 aromatic heterocycles. The van der Waals surface area contributed by atoms with Crippen molar-refractivity contribution in [2.45, 2.75) is 19.5 Å². The number of piperazine rings is 1. The van der Waals surface area contributed by atoms with Crippen LogP contribution in [0.1, 0.15) is 12.5 Å². The Morgan fingerprint density at radius 3 is 2.56 bits per heavy atom. The van der Waals surface area contributed by atoms with Crippen LogP contribution in [0, 0.1) is 5.82 Å². The Balaban J connectivity index is 1.62. The molecule has 0 saturated carbocycles. The molecular weight excluding hydrogens is 467 g/mol. The number of imide groups is 1. The van der Waals surface area contributed by atoms with Gasteiger partial charge in [0, 0.05) is 45.8 Å². The fraction of sp³-hybridized carbons (Fsp3) is 0.500. The summed E-state index contributed by atoms with van der Waals surface area (Å²) in [6, 6.07) is 3.09. The van der Waals surface area contributed by atoms with Crippen molar-refractivity contribution >= 4 is 41.3 Å². The van der Waals surface area contributed by atoms with Crippen LogP contribution in [0.5, 0.6) is 0 Å². The van der Waals surface area contributed by atoms with Crippen molar-refractivity contribution < 1.29 is 28.1 Å². The van der Waals surface area contributed by atoms with E-state index in [1.54, 1.807) is 29.5 Å². The molecule has 2 saturated heterocycles. The van der Waals surface area contributed by atoms with E-state index >= 15 is 0 Å². The number of halogens is 2. The van der Waals surface area contributed by atoms with Gasteiger partial charge in [-0.05, 0) is 24.0 Å². The largest absolute Gasteiger partial charge is 0.450 e. The zero-order valence-corrected chi connectivity index (χ0v) is 20.1. The maximum absolute atomic E-state index is 14.6. The van der Waals surface area contributed by atoms with Crippen molar-refractivity contribution in [2.24, 2.45) is 4.99 Å². The minimum Gasteiger partial charge on any atom is -0.450 e. The molecule has 0 radical (unpaired) electrons. The fourth-order valence-electron chi connectivity index (χ4n) is 4.31. The highest BCUT2D eigenvalue weighted by atomic mass is 35.5. The van der Waals surface area contributed by atoms with Crippen LogP contribution in [0.15, 0.2) is 23.2 Å². The minimum absolute atomic E-state index is 0.0168. The Labute approximate surface area is 201 Å². The summed E-state index contributed by atoms with van der Waals surface area (Å²) < 4.78 is 21.4. The van der Waals surface area contributed by atoms with E-state index in [1.165, 1.54) is 24.1 Å². The van der Waals surface area contributed by atoms with E-state index in [1.807, 2.05) is 0 Å². The number of nitrogens with zero attached hydrogens (tertiary/aromatic N) is 6. The SMILES string of the molecule is CCOC(=O)N1CCN(CC2=[N+](Cc3c(F)cccc3Cl)C3C(=O)N(C)C(=O)N(C)C3=N2)CC1. The van der Waals surface area contributed by atoms with E-state index in [4.69, 9.17) is 16.3 Å². The van der Waals surface area contributed by atoms with Gasteiger partial charge in [-0.25, -0.2) is 18.6 Å². The van der Waals surface area contributed by atoms with E-state index in [0.29, 0.717) is 51.0 Å². The highest BCUT2D eigenvalue weighted by molar-refractivity contribution is 6.31. The molecule has 3 heterocycles. The number of carbonyl (C=O) groups excluding carboxylic acids is 3. The zero-order chi connectivity index (χ0) is 24.6. The van der Waals surface area contributed by atoms with E-state index < -0.39 is 23.8 Å². The first-order chi connectivity index (χ1) is 16.2. The molecule has 182 valence electrons. The van der Waals surface area contributed by atoms with Crippen molar-refractivity contribution in [3.05, 3.63) is 34.6 Å². The summed E-state index contributed by atoms with van der Waals surface area (Å²) >= 11 is 6.28. The van der Waals surface area contributed by atoms with Crippen LogP contribution >= 0.6 is 11.6 Å². The Morgan fingerprint density at radius 2 is 1.91 bits per heavy atom. The Hall–Kier alpha value is -3.05. The molecule has 0 spiro atoms. The number of likely N-dealkylation sites (N-methyl/N-ethyl adjacent to an activating group) is 2. The second kappa shape index (κ2) is 9.67. The van der Waals surface area contributed by atoms with Crippen LogP contribution in [0.2, 0.25) is 5.02 Å². The molecule has 4 amide bonds. The fourth-order valence-corrected chi connectivity index (χ4v) is 4.54. The van der Waals surface area contributed by atoms with Crippen molar-refractivity contribution in [3.8, 4) is 0 Å². The Morgan fingerprint density at radius 1 is 1.21 bits per heavy atom. The van der Waals surface area contributed by atoms with Gasteiger partial charge in [-0.2, -0.15) is 0 Å². The summed E-state index contributed by atoms with van der Waals surface area (Å²) in [5, 5.41) is 0.247.